The molecule has 0 aromatic heterocycles. The highest BCUT2D eigenvalue weighted by Crippen LogP contribution is 2.24. The Morgan fingerprint density at radius 3 is 2.35 bits per heavy atom. The van der Waals surface area contributed by atoms with Crippen molar-refractivity contribution in [2.24, 2.45) is 0 Å². The molecule has 2 aromatic carbocycles. The normalized spacial score (nSPS) is 19.7. The van der Waals surface area contributed by atoms with Gasteiger partial charge in [-0.15, -0.1) is 0 Å². The Morgan fingerprint density at radius 1 is 1.03 bits per heavy atom. The van der Waals surface area contributed by atoms with Crippen LogP contribution in [0.25, 0.3) is 0 Å². The lowest BCUT2D eigenvalue weighted by atomic mass is 10.0. The van der Waals surface area contributed by atoms with Crippen LogP contribution in [0.1, 0.15) is 36.5 Å². The third-order valence-electron chi connectivity index (χ3n) is 5.94. The lowest BCUT2D eigenvalue weighted by Crippen LogP contribution is -2.97. The number of carbonyl (C=O) groups excluding carboxylic acids is 3. The number of piperidine rings is 1. The van der Waals surface area contributed by atoms with E-state index >= 15 is 0 Å². The molecule has 1 atom stereocenters. The number of quaternary nitrogens is 1. The molecule has 7 nitrogen and oxygen atoms in total. The molecule has 0 bridgehead atoms. The number of hydrogen-bond acceptors (Lipinski definition) is 4. The van der Waals surface area contributed by atoms with E-state index in [9.17, 15) is 14.4 Å². The first-order valence-corrected chi connectivity index (χ1v) is 10.9. The molecule has 0 aliphatic carbocycles. The van der Waals surface area contributed by atoms with Crippen LogP contribution in [0.5, 0.6) is 5.75 Å². The summed E-state index contributed by atoms with van der Waals surface area (Å²) >= 11 is 0. The number of nitrogens with zero attached hydrogens (tertiary/aromatic N) is 2. The van der Waals surface area contributed by atoms with Crippen molar-refractivity contribution in [1.82, 2.24) is 4.90 Å². The molecule has 0 radical (unpaired) electrons. The minimum atomic E-state index is -0.402. The number of nitrogens with two attached hydrogens (primary N) is 1. The SMILES string of the molecule is CCOc1ccc(N2C(=O)C[C@H]([NH2+]C3CCN(C(=O)c4ccccc4)CC3)C2=O)cc1. The summed E-state index contributed by atoms with van der Waals surface area (Å²) in [6.07, 6.45) is 1.81. The second kappa shape index (κ2) is 9.31. The van der Waals surface area contributed by atoms with E-state index in [2.05, 4.69) is 0 Å². The molecule has 0 unspecified atom stereocenters. The van der Waals surface area contributed by atoms with Gasteiger partial charge in [0.05, 0.1) is 24.8 Å². The van der Waals surface area contributed by atoms with Crippen molar-refractivity contribution in [3.05, 3.63) is 60.2 Å². The molecule has 2 aliphatic rings. The van der Waals surface area contributed by atoms with Gasteiger partial charge in [-0.25, -0.2) is 4.90 Å². The third-order valence-corrected chi connectivity index (χ3v) is 5.94. The zero-order valence-electron chi connectivity index (χ0n) is 17.7. The van der Waals surface area contributed by atoms with Gasteiger partial charge < -0.3 is 15.0 Å². The average molecular weight is 423 g/mol. The number of amides is 3. The second-order valence-electron chi connectivity index (χ2n) is 7.99. The van der Waals surface area contributed by atoms with Crippen molar-refractivity contribution in [2.75, 3.05) is 24.6 Å². The molecule has 2 aliphatic heterocycles. The molecular formula is C24H28N3O4+. The van der Waals surface area contributed by atoms with Gasteiger partial charge in [-0.2, -0.15) is 0 Å². The standard InChI is InChI=1S/C24H27N3O4/c1-2-31-20-10-8-19(9-11-20)27-22(28)16-21(24(27)30)25-18-12-14-26(15-13-18)23(29)17-6-4-3-5-7-17/h3-11,18,21,25H,2,12-16H2,1H3/p+1/t21-/m0/s1. The fourth-order valence-electron chi connectivity index (χ4n) is 4.32. The van der Waals surface area contributed by atoms with Crippen LogP contribution in [0.4, 0.5) is 5.69 Å². The molecule has 31 heavy (non-hydrogen) atoms. The highest BCUT2D eigenvalue weighted by Gasteiger charge is 2.43. The molecular weight excluding hydrogens is 394 g/mol. The summed E-state index contributed by atoms with van der Waals surface area (Å²) in [5, 5.41) is 2.03. The first-order valence-electron chi connectivity index (χ1n) is 10.9. The molecule has 2 aromatic rings. The molecule has 162 valence electrons. The Kier molecular flexibility index (Phi) is 6.32. The van der Waals surface area contributed by atoms with Crippen LogP contribution in [-0.2, 0) is 9.59 Å². The van der Waals surface area contributed by atoms with Gasteiger partial charge in [0.2, 0.25) is 5.91 Å². The minimum Gasteiger partial charge on any atom is -0.494 e. The number of likely N-dealkylation sites (tertiary alicyclic amines) is 1. The molecule has 2 fully saturated rings. The third kappa shape index (κ3) is 4.61. The Morgan fingerprint density at radius 2 is 1.71 bits per heavy atom. The Hall–Kier alpha value is -3.19. The zero-order chi connectivity index (χ0) is 21.8. The van der Waals surface area contributed by atoms with Crippen LogP contribution in [0.15, 0.2) is 54.6 Å². The maximum absolute atomic E-state index is 12.9. The predicted molar refractivity (Wildman–Crippen MR) is 116 cm³/mol. The summed E-state index contributed by atoms with van der Waals surface area (Å²) in [6, 6.07) is 16.2. The van der Waals surface area contributed by atoms with E-state index in [1.165, 1.54) is 4.90 Å². The number of rotatable bonds is 6. The van der Waals surface area contributed by atoms with E-state index < -0.39 is 6.04 Å². The highest BCUT2D eigenvalue weighted by molar-refractivity contribution is 6.21. The molecule has 0 saturated carbocycles. The number of ether oxygens (including phenoxy) is 1. The molecule has 2 heterocycles. The van der Waals surface area contributed by atoms with Gasteiger partial charge in [0.1, 0.15) is 5.75 Å². The second-order valence-corrected chi connectivity index (χ2v) is 7.99. The fraction of sp³-hybridized carbons (Fsp3) is 0.375. The van der Waals surface area contributed by atoms with E-state index in [-0.39, 0.29) is 30.2 Å². The maximum Gasteiger partial charge on any atom is 0.292 e. The van der Waals surface area contributed by atoms with Gasteiger partial charge in [-0.3, -0.25) is 14.4 Å². The van der Waals surface area contributed by atoms with Crippen molar-refractivity contribution >= 4 is 23.4 Å². The summed E-state index contributed by atoms with van der Waals surface area (Å²) in [7, 11) is 0. The van der Waals surface area contributed by atoms with Gasteiger partial charge in [-0.05, 0) is 43.3 Å². The van der Waals surface area contributed by atoms with E-state index in [0.717, 1.165) is 12.8 Å². The van der Waals surface area contributed by atoms with Gasteiger partial charge in [0, 0.05) is 31.5 Å². The average Bonchev–Trinajstić information content (AvgIpc) is 3.08. The van der Waals surface area contributed by atoms with E-state index in [1.54, 1.807) is 24.3 Å². The number of imide groups is 1. The summed E-state index contributed by atoms with van der Waals surface area (Å²) in [4.78, 5) is 41.2. The van der Waals surface area contributed by atoms with Crippen LogP contribution in [0, 0.1) is 0 Å². The smallest absolute Gasteiger partial charge is 0.292 e. The predicted octanol–water partition coefficient (Wildman–Crippen LogP) is 1.59. The van der Waals surface area contributed by atoms with Crippen LogP contribution in [0.2, 0.25) is 0 Å². The molecule has 2 N–H and O–H groups in total. The van der Waals surface area contributed by atoms with Gasteiger partial charge >= 0.3 is 0 Å². The Balaban J connectivity index is 1.33. The molecule has 3 amide bonds. The summed E-state index contributed by atoms with van der Waals surface area (Å²) in [5.41, 5.74) is 1.28. The Labute approximate surface area is 182 Å². The van der Waals surface area contributed by atoms with Gasteiger partial charge in [0.15, 0.2) is 6.04 Å². The van der Waals surface area contributed by atoms with Gasteiger partial charge in [0.25, 0.3) is 11.8 Å². The van der Waals surface area contributed by atoms with E-state index in [1.807, 2.05) is 47.5 Å². The fourth-order valence-corrected chi connectivity index (χ4v) is 4.32. The number of anilines is 1. The first-order chi connectivity index (χ1) is 15.1. The lowest BCUT2D eigenvalue weighted by Gasteiger charge is -2.31. The van der Waals surface area contributed by atoms with Crippen molar-refractivity contribution in [2.45, 2.75) is 38.3 Å². The summed E-state index contributed by atoms with van der Waals surface area (Å²) in [6.45, 7) is 3.79. The van der Waals surface area contributed by atoms with Gasteiger partial charge in [-0.1, -0.05) is 18.2 Å². The molecule has 0 spiro atoms. The molecule has 4 rings (SSSR count). The van der Waals surface area contributed by atoms with Crippen LogP contribution in [-0.4, -0.2) is 54.4 Å². The minimum absolute atomic E-state index is 0.0489. The number of carbonyl (C=O) groups is 3. The monoisotopic (exact) mass is 422 g/mol. The first kappa shape index (κ1) is 21.1. The van der Waals surface area contributed by atoms with Crippen LogP contribution >= 0.6 is 0 Å². The topological polar surface area (TPSA) is 83.5 Å². The zero-order valence-corrected chi connectivity index (χ0v) is 17.7. The summed E-state index contributed by atoms with van der Waals surface area (Å²) in [5.74, 6) is 0.419. The van der Waals surface area contributed by atoms with E-state index in [4.69, 9.17) is 4.74 Å². The maximum atomic E-state index is 12.9. The largest absolute Gasteiger partial charge is 0.494 e. The summed E-state index contributed by atoms with van der Waals surface area (Å²) < 4.78 is 5.43. The number of benzene rings is 2. The highest BCUT2D eigenvalue weighted by atomic mass is 16.5. The molecule has 7 heteroatoms. The van der Waals surface area contributed by atoms with Crippen molar-refractivity contribution < 1.29 is 24.4 Å². The van der Waals surface area contributed by atoms with Crippen LogP contribution < -0.4 is 15.0 Å². The lowest BCUT2D eigenvalue weighted by molar-refractivity contribution is -0.709. The van der Waals surface area contributed by atoms with Crippen molar-refractivity contribution in [3.63, 3.8) is 0 Å². The number of hydrogen-bond donors (Lipinski definition) is 1. The van der Waals surface area contributed by atoms with E-state index in [0.29, 0.717) is 36.7 Å². The Bertz CT molecular complexity index is 937. The van der Waals surface area contributed by atoms with Crippen molar-refractivity contribution in [3.8, 4) is 5.75 Å². The van der Waals surface area contributed by atoms with Crippen LogP contribution in [0.3, 0.4) is 0 Å². The van der Waals surface area contributed by atoms with Crippen molar-refractivity contribution in [1.29, 1.82) is 0 Å². The molecule has 2 saturated heterocycles. The quantitative estimate of drug-likeness (QED) is 0.717.